The lowest BCUT2D eigenvalue weighted by Crippen LogP contribution is -2.47. The third-order valence-electron chi connectivity index (χ3n) is 3.75. The van der Waals surface area contributed by atoms with Crippen molar-refractivity contribution in [3.05, 3.63) is 22.7 Å². The Labute approximate surface area is 167 Å². The van der Waals surface area contributed by atoms with E-state index in [9.17, 15) is 21.6 Å². The normalized spacial score (nSPS) is 19.0. The number of sulfonamides is 1. The van der Waals surface area contributed by atoms with Crippen LogP contribution >= 0.6 is 27.7 Å². The average molecular weight is 485 g/mol. The zero-order valence-corrected chi connectivity index (χ0v) is 18.6. The van der Waals surface area contributed by atoms with Crippen molar-refractivity contribution in [1.82, 2.24) is 9.62 Å². The number of hydrogen-bond donors (Lipinski definition) is 1. The second kappa shape index (κ2) is 8.17. The van der Waals surface area contributed by atoms with Gasteiger partial charge < -0.3 is 5.32 Å². The van der Waals surface area contributed by atoms with Gasteiger partial charge in [0.05, 0.1) is 15.7 Å². The lowest BCUT2D eigenvalue weighted by atomic mass is 10.2. The van der Waals surface area contributed by atoms with Crippen LogP contribution < -0.4 is 5.32 Å². The van der Waals surface area contributed by atoms with Gasteiger partial charge in [0.25, 0.3) is 0 Å². The number of nitrogens with zero attached hydrogens (tertiary/aromatic N) is 1. The third-order valence-corrected chi connectivity index (χ3v) is 8.88. The van der Waals surface area contributed by atoms with Gasteiger partial charge in [-0.2, -0.15) is 4.31 Å². The summed E-state index contributed by atoms with van der Waals surface area (Å²) in [6, 6.07) is 3.03. The lowest BCUT2D eigenvalue weighted by molar-refractivity contribution is -0.123. The molecule has 0 saturated carbocycles. The van der Waals surface area contributed by atoms with Crippen LogP contribution in [-0.2, 0) is 24.7 Å². The average Bonchev–Trinajstić information content (AvgIpc) is 3.02. The van der Waals surface area contributed by atoms with E-state index in [-0.39, 0.29) is 32.0 Å². The number of amides is 1. The van der Waals surface area contributed by atoms with Crippen molar-refractivity contribution < 1.29 is 21.6 Å². The van der Waals surface area contributed by atoms with Gasteiger partial charge in [0.2, 0.25) is 15.9 Å². The fourth-order valence-corrected chi connectivity index (χ4v) is 7.15. The van der Waals surface area contributed by atoms with Gasteiger partial charge in [0.15, 0.2) is 9.84 Å². The number of thioether (sulfide) groups is 1. The number of rotatable bonds is 6. The molecular weight excluding hydrogens is 464 g/mol. The smallest absolute Gasteiger partial charge is 0.245 e. The quantitative estimate of drug-likeness (QED) is 0.658. The Bertz CT molecular complexity index is 900. The summed E-state index contributed by atoms with van der Waals surface area (Å²) in [5, 5.41) is 2.76. The molecule has 7 nitrogen and oxygen atoms in total. The molecule has 146 valence electrons. The van der Waals surface area contributed by atoms with Gasteiger partial charge in [0.1, 0.15) is 6.04 Å². The van der Waals surface area contributed by atoms with Crippen molar-refractivity contribution in [1.29, 1.82) is 0 Å². The molecule has 0 aromatic heterocycles. The Morgan fingerprint density at radius 1 is 1.35 bits per heavy atom. The Kier molecular flexibility index (Phi) is 6.81. The van der Waals surface area contributed by atoms with Crippen LogP contribution in [-0.4, -0.2) is 57.5 Å². The lowest BCUT2D eigenvalue weighted by Gasteiger charge is -2.23. The molecule has 1 amide bonds. The highest BCUT2D eigenvalue weighted by molar-refractivity contribution is 9.10. The van der Waals surface area contributed by atoms with Crippen LogP contribution in [0.5, 0.6) is 0 Å². The van der Waals surface area contributed by atoms with E-state index in [1.165, 1.54) is 23.9 Å². The van der Waals surface area contributed by atoms with E-state index >= 15 is 0 Å². The summed E-state index contributed by atoms with van der Waals surface area (Å²) < 4.78 is 51.1. The molecule has 1 N–H and O–H groups in total. The molecule has 0 aliphatic carbocycles. The maximum absolute atomic E-state index is 13.1. The summed E-state index contributed by atoms with van der Waals surface area (Å²) >= 11 is 4.52. The van der Waals surface area contributed by atoms with E-state index in [4.69, 9.17) is 0 Å². The molecule has 1 heterocycles. The number of halogens is 1. The van der Waals surface area contributed by atoms with Crippen LogP contribution in [0.15, 0.2) is 32.5 Å². The van der Waals surface area contributed by atoms with Crippen LogP contribution in [0.4, 0.5) is 0 Å². The minimum atomic E-state index is -4.04. The maximum Gasteiger partial charge on any atom is 0.245 e. The number of hydrogen-bond acceptors (Lipinski definition) is 6. The van der Waals surface area contributed by atoms with Crippen molar-refractivity contribution in [2.24, 2.45) is 5.92 Å². The fraction of sp³-hybridized carbons (Fsp3) is 0.533. The largest absolute Gasteiger partial charge is 0.354 e. The van der Waals surface area contributed by atoms with Gasteiger partial charge >= 0.3 is 0 Å². The second-order valence-electron chi connectivity index (χ2n) is 6.41. The SMILES string of the molecule is CC(C)CNC(=O)C1CSCN1S(=O)(=O)c1cc(S(C)(=O)=O)ccc1Br. The molecule has 1 aromatic rings. The summed E-state index contributed by atoms with van der Waals surface area (Å²) in [6.07, 6.45) is 1.01. The van der Waals surface area contributed by atoms with Gasteiger partial charge in [-0.3, -0.25) is 4.79 Å². The highest BCUT2D eigenvalue weighted by atomic mass is 79.9. The van der Waals surface area contributed by atoms with E-state index in [1.807, 2.05) is 13.8 Å². The van der Waals surface area contributed by atoms with Crippen molar-refractivity contribution in [3.8, 4) is 0 Å². The molecule has 1 fully saturated rings. The highest BCUT2D eigenvalue weighted by Crippen LogP contribution is 2.33. The van der Waals surface area contributed by atoms with E-state index in [2.05, 4.69) is 21.2 Å². The van der Waals surface area contributed by atoms with Crippen LogP contribution in [0.2, 0.25) is 0 Å². The Hall–Kier alpha value is -0.620. The first-order valence-corrected chi connectivity index (χ1v) is 13.1. The molecule has 1 atom stereocenters. The molecule has 26 heavy (non-hydrogen) atoms. The van der Waals surface area contributed by atoms with Crippen LogP contribution in [0.3, 0.4) is 0 Å². The first-order valence-electron chi connectivity index (χ1n) is 7.81. The standard InChI is InChI=1S/C15H21BrN2O5S3/c1-10(2)7-17-15(19)13-8-24-9-18(13)26(22,23)14-6-11(25(3,20)21)4-5-12(14)16/h4-6,10,13H,7-9H2,1-3H3,(H,17,19). The van der Waals surface area contributed by atoms with Gasteiger partial charge in [-0.1, -0.05) is 13.8 Å². The first kappa shape index (κ1) is 21.7. The molecule has 2 rings (SSSR count). The minimum absolute atomic E-state index is 0.0908. The fourth-order valence-electron chi connectivity index (χ4n) is 2.33. The molecular formula is C15H21BrN2O5S3. The zero-order valence-electron chi connectivity index (χ0n) is 14.6. The van der Waals surface area contributed by atoms with Crippen molar-refractivity contribution in [2.45, 2.75) is 29.7 Å². The number of carbonyl (C=O) groups excluding carboxylic acids is 1. The van der Waals surface area contributed by atoms with E-state index in [1.54, 1.807) is 0 Å². The number of nitrogens with one attached hydrogen (secondary N) is 1. The topological polar surface area (TPSA) is 101 Å². The van der Waals surface area contributed by atoms with E-state index in [0.29, 0.717) is 12.3 Å². The van der Waals surface area contributed by atoms with Crippen LogP contribution in [0.25, 0.3) is 0 Å². The predicted octanol–water partition coefficient (Wildman–Crippen LogP) is 1.69. The second-order valence-corrected chi connectivity index (χ2v) is 12.1. The third kappa shape index (κ3) is 4.80. The Morgan fingerprint density at radius 2 is 2.00 bits per heavy atom. The molecule has 1 unspecified atom stereocenters. The van der Waals surface area contributed by atoms with Gasteiger partial charge in [-0.05, 0) is 40.0 Å². The van der Waals surface area contributed by atoms with Gasteiger partial charge in [-0.25, -0.2) is 16.8 Å². The van der Waals surface area contributed by atoms with E-state index < -0.39 is 25.9 Å². The molecule has 0 spiro atoms. The number of sulfone groups is 1. The Morgan fingerprint density at radius 3 is 2.58 bits per heavy atom. The molecule has 1 aliphatic rings. The first-order chi connectivity index (χ1) is 11.9. The molecule has 1 aliphatic heterocycles. The molecule has 0 bridgehead atoms. The predicted molar refractivity (Wildman–Crippen MR) is 105 cm³/mol. The summed E-state index contributed by atoms with van der Waals surface area (Å²) in [6.45, 7) is 4.36. The zero-order chi connectivity index (χ0) is 19.7. The number of benzene rings is 1. The Balaban J connectivity index is 2.39. The molecule has 0 radical (unpaired) electrons. The highest BCUT2D eigenvalue weighted by Gasteiger charge is 2.41. The monoisotopic (exact) mass is 484 g/mol. The van der Waals surface area contributed by atoms with Crippen molar-refractivity contribution in [3.63, 3.8) is 0 Å². The molecule has 1 saturated heterocycles. The summed E-state index contributed by atoms with van der Waals surface area (Å²) in [7, 11) is -7.61. The van der Waals surface area contributed by atoms with Gasteiger partial charge in [0, 0.05) is 23.0 Å². The summed E-state index contributed by atoms with van der Waals surface area (Å²) in [4.78, 5) is 12.2. The van der Waals surface area contributed by atoms with Crippen molar-refractivity contribution in [2.75, 3.05) is 24.4 Å². The molecule has 1 aromatic carbocycles. The summed E-state index contributed by atoms with van der Waals surface area (Å²) in [5.41, 5.74) is 0. The van der Waals surface area contributed by atoms with Crippen LogP contribution in [0, 0.1) is 5.92 Å². The van der Waals surface area contributed by atoms with Gasteiger partial charge in [-0.15, -0.1) is 11.8 Å². The number of carbonyl (C=O) groups is 1. The molecule has 11 heteroatoms. The summed E-state index contributed by atoms with van der Waals surface area (Å²) in [5.74, 6) is 0.394. The minimum Gasteiger partial charge on any atom is -0.354 e. The van der Waals surface area contributed by atoms with Crippen molar-refractivity contribution >= 4 is 53.5 Å². The van der Waals surface area contributed by atoms with E-state index in [0.717, 1.165) is 16.6 Å². The van der Waals surface area contributed by atoms with Crippen LogP contribution in [0.1, 0.15) is 13.8 Å². The maximum atomic E-state index is 13.1.